The number of halogens is 2. The Balaban J connectivity index is 1.50. The van der Waals surface area contributed by atoms with E-state index in [1.54, 1.807) is 29.9 Å². The maximum atomic E-state index is 13.8. The number of hydrogen-bond donors (Lipinski definition) is 2. The second-order valence-electron chi connectivity index (χ2n) is 8.94. The average molecular weight is 523 g/mol. The number of benzene rings is 2. The second kappa shape index (κ2) is 11.1. The first kappa shape index (κ1) is 25.6. The molecule has 1 fully saturated rings. The van der Waals surface area contributed by atoms with Gasteiger partial charge in [0.15, 0.2) is 17.3 Å². The molecule has 1 aliphatic rings. The van der Waals surface area contributed by atoms with Gasteiger partial charge >= 0.3 is 0 Å². The minimum Gasteiger partial charge on any atom is -0.437 e. The number of rotatable bonds is 8. The third-order valence-corrected chi connectivity index (χ3v) is 6.40. The molecule has 4 aromatic rings. The van der Waals surface area contributed by atoms with Crippen LogP contribution in [0, 0.1) is 18.6 Å². The summed E-state index contributed by atoms with van der Waals surface area (Å²) >= 11 is 0. The van der Waals surface area contributed by atoms with Crippen LogP contribution in [0.3, 0.4) is 0 Å². The van der Waals surface area contributed by atoms with Crippen molar-refractivity contribution in [1.82, 2.24) is 24.8 Å². The molecule has 1 aliphatic heterocycles. The molecule has 0 saturated carbocycles. The number of carbonyl (C=O) groups excluding carboxylic acids is 1. The van der Waals surface area contributed by atoms with Crippen LogP contribution in [-0.2, 0) is 4.74 Å². The first-order valence-corrected chi connectivity index (χ1v) is 12.3. The summed E-state index contributed by atoms with van der Waals surface area (Å²) in [5, 5.41) is 10.6. The number of imidazole rings is 1. The Hall–Kier alpha value is -4.09. The molecular weight excluding hydrogens is 494 g/mol. The van der Waals surface area contributed by atoms with E-state index in [2.05, 4.69) is 25.6 Å². The highest BCUT2D eigenvalue weighted by Crippen LogP contribution is 2.30. The predicted octanol–water partition coefficient (Wildman–Crippen LogP) is 3.88. The molecule has 2 aromatic carbocycles. The Kier molecular flexibility index (Phi) is 7.47. The SMILES string of the molecule is CNC(=O)c1ccc(-c2cnc3c(NCCN4CCOCC4)cc(Oc4ccc(F)c(F)c4)nn23)cc1C. The predicted molar refractivity (Wildman–Crippen MR) is 139 cm³/mol. The van der Waals surface area contributed by atoms with Crippen molar-refractivity contribution >= 4 is 17.2 Å². The lowest BCUT2D eigenvalue weighted by molar-refractivity contribution is 0.0398. The fourth-order valence-corrected chi connectivity index (χ4v) is 4.37. The summed E-state index contributed by atoms with van der Waals surface area (Å²) in [6, 6.07) is 10.5. The Morgan fingerprint density at radius 3 is 2.66 bits per heavy atom. The van der Waals surface area contributed by atoms with E-state index in [1.165, 1.54) is 6.07 Å². The molecule has 5 rings (SSSR count). The van der Waals surface area contributed by atoms with Crippen molar-refractivity contribution in [3.8, 4) is 22.9 Å². The van der Waals surface area contributed by atoms with Crippen molar-refractivity contribution in [1.29, 1.82) is 0 Å². The van der Waals surface area contributed by atoms with Crippen LogP contribution in [0.2, 0.25) is 0 Å². The van der Waals surface area contributed by atoms with Crippen LogP contribution in [0.5, 0.6) is 11.6 Å². The lowest BCUT2D eigenvalue weighted by atomic mass is 10.0. The maximum absolute atomic E-state index is 13.8. The van der Waals surface area contributed by atoms with E-state index < -0.39 is 11.6 Å². The summed E-state index contributed by atoms with van der Waals surface area (Å²) in [6.45, 7) is 6.49. The van der Waals surface area contributed by atoms with Crippen molar-refractivity contribution in [3.63, 3.8) is 0 Å². The Morgan fingerprint density at radius 2 is 1.92 bits per heavy atom. The van der Waals surface area contributed by atoms with Gasteiger partial charge in [0.25, 0.3) is 5.91 Å². The molecule has 0 radical (unpaired) electrons. The maximum Gasteiger partial charge on any atom is 0.251 e. The zero-order valence-corrected chi connectivity index (χ0v) is 21.1. The van der Waals surface area contributed by atoms with Gasteiger partial charge in [-0.25, -0.2) is 18.3 Å². The third-order valence-electron chi connectivity index (χ3n) is 6.40. The lowest BCUT2D eigenvalue weighted by Crippen LogP contribution is -2.39. The van der Waals surface area contributed by atoms with Crippen molar-refractivity contribution in [2.75, 3.05) is 51.8 Å². The smallest absolute Gasteiger partial charge is 0.251 e. The fraction of sp³-hybridized carbons (Fsp3) is 0.296. The number of nitrogens with one attached hydrogen (secondary N) is 2. The van der Waals surface area contributed by atoms with E-state index in [9.17, 15) is 13.6 Å². The topological polar surface area (TPSA) is 93.0 Å². The third kappa shape index (κ3) is 5.43. The highest BCUT2D eigenvalue weighted by atomic mass is 19.2. The van der Waals surface area contributed by atoms with Crippen molar-refractivity contribution in [2.45, 2.75) is 6.92 Å². The average Bonchev–Trinajstić information content (AvgIpc) is 3.35. The van der Waals surface area contributed by atoms with Crippen LogP contribution in [0.1, 0.15) is 15.9 Å². The molecule has 2 aromatic heterocycles. The molecule has 0 unspecified atom stereocenters. The Labute approximate surface area is 218 Å². The monoisotopic (exact) mass is 522 g/mol. The van der Waals surface area contributed by atoms with Gasteiger partial charge < -0.3 is 20.1 Å². The van der Waals surface area contributed by atoms with E-state index in [-0.39, 0.29) is 17.5 Å². The number of nitrogens with zero attached hydrogens (tertiary/aromatic N) is 4. The van der Waals surface area contributed by atoms with Crippen LogP contribution >= 0.6 is 0 Å². The minimum absolute atomic E-state index is 0.113. The van der Waals surface area contributed by atoms with Gasteiger partial charge in [-0.15, -0.1) is 5.10 Å². The van der Waals surface area contributed by atoms with Gasteiger partial charge in [0.1, 0.15) is 5.75 Å². The number of aryl methyl sites for hydroxylation is 1. The van der Waals surface area contributed by atoms with Crippen molar-refractivity contribution in [2.24, 2.45) is 0 Å². The number of aromatic nitrogens is 3. The fourth-order valence-electron chi connectivity index (χ4n) is 4.37. The van der Waals surface area contributed by atoms with Crippen molar-refractivity contribution < 1.29 is 23.0 Å². The van der Waals surface area contributed by atoms with Gasteiger partial charge in [-0.2, -0.15) is 0 Å². The summed E-state index contributed by atoms with van der Waals surface area (Å²) in [6.07, 6.45) is 1.70. The molecule has 0 bridgehead atoms. The van der Waals surface area contributed by atoms with Gasteiger partial charge in [0.05, 0.1) is 30.8 Å². The first-order chi connectivity index (χ1) is 18.4. The Morgan fingerprint density at radius 1 is 1.11 bits per heavy atom. The van der Waals surface area contributed by atoms with E-state index in [4.69, 9.17) is 9.47 Å². The molecular formula is C27H28F2N6O3. The summed E-state index contributed by atoms with van der Waals surface area (Å²) < 4.78 is 40.1. The number of amides is 1. The summed E-state index contributed by atoms with van der Waals surface area (Å²) in [4.78, 5) is 19.0. The molecule has 198 valence electrons. The van der Waals surface area contributed by atoms with Crippen LogP contribution < -0.4 is 15.4 Å². The molecule has 9 nitrogen and oxygen atoms in total. The van der Waals surface area contributed by atoms with Crippen LogP contribution in [0.15, 0.2) is 48.7 Å². The normalized spacial score (nSPS) is 14.0. The molecule has 1 amide bonds. The van der Waals surface area contributed by atoms with Gasteiger partial charge in [-0.3, -0.25) is 9.69 Å². The molecule has 0 spiro atoms. The van der Waals surface area contributed by atoms with E-state index >= 15 is 0 Å². The Bertz CT molecular complexity index is 1470. The van der Waals surface area contributed by atoms with Gasteiger partial charge in [0, 0.05) is 56.5 Å². The molecule has 0 aliphatic carbocycles. The highest BCUT2D eigenvalue weighted by Gasteiger charge is 2.17. The van der Waals surface area contributed by atoms with E-state index in [0.717, 1.165) is 42.9 Å². The van der Waals surface area contributed by atoms with Gasteiger partial charge in [0.2, 0.25) is 5.88 Å². The number of anilines is 1. The van der Waals surface area contributed by atoms with Crippen LogP contribution in [0.25, 0.3) is 16.9 Å². The first-order valence-electron chi connectivity index (χ1n) is 12.3. The molecule has 11 heteroatoms. The van der Waals surface area contributed by atoms with Crippen LogP contribution in [0.4, 0.5) is 14.5 Å². The molecule has 1 saturated heterocycles. The van der Waals surface area contributed by atoms with Crippen LogP contribution in [-0.4, -0.2) is 71.8 Å². The summed E-state index contributed by atoms with van der Waals surface area (Å²) in [7, 11) is 1.59. The summed E-state index contributed by atoms with van der Waals surface area (Å²) in [5.74, 6) is -1.85. The standard InChI is InChI=1S/C27H28F2N6O3/c1-17-13-18(3-5-20(17)27(36)30-2)24-16-32-26-23(31-7-8-34-9-11-37-12-10-34)15-25(33-35(24)26)38-19-4-6-21(28)22(29)14-19/h3-6,13-16,31H,7-12H2,1-2H3,(H,30,36). The van der Waals surface area contributed by atoms with E-state index in [0.29, 0.717) is 42.4 Å². The zero-order valence-electron chi connectivity index (χ0n) is 21.1. The minimum atomic E-state index is -1.01. The number of carbonyl (C=O) groups is 1. The highest BCUT2D eigenvalue weighted by molar-refractivity contribution is 5.96. The number of hydrogen-bond acceptors (Lipinski definition) is 7. The van der Waals surface area contributed by atoms with E-state index in [1.807, 2.05) is 19.1 Å². The number of ether oxygens (including phenoxy) is 2. The zero-order chi connectivity index (χ0) is 26.6. The number of fused-ring (bicyclic) bond motifs is 1. The molecule has 2 N–H and O–H groups in total. The second-order valence-corrected chi connectivity index (χ2v) is 8.94. The van der Waals surface area contributed by atoms with Gasteiger partial charge in [-0.05, 0) is 36.8 Å². The summed E-state index contributed by atoms with van der Waals surface area (Å²) in [5.41, 5.74) is 4.11. The molecule has 0 atom stereocenters. The molecule has 3 heterocycles. The van der Waals surface area contributed by atoms with Gasteiger partial charge in [-0.1, -0.05) is 6.07 Å². The quantitative estimate of drug-likeness (QED) is 0.363. The largest absolute Gasteiger partial charge is 0.437 e. The van der Waals surface area contributed by atoms with Crippen molar-refractivity contribution in [3.05, 3.63) is 71.4 Å². The lowest BCUT2D eigenvalue weighted by Gasteiger charge is -2.26. The molecule has 38 heavy (non-hydrogen) atoms. The number of morpholine rings is 1.